The summed E-state index contributed by atoms with van der Waals surface area (Å²) in [7, 11) is 0. The molecule has 1 aliphatic carbocycles. The quantitative estimate of drug-likeness (QED) is 0.439. The fraction of sp³-hybridized carbons (Fsp3) is 0.500. The van der Waals surface area contributed by atoms with Gasteiger partial charge in [0.15, 0.2) is 0 Å². The molecule has 3 rings (SSSR count). The predicted molar refractivity (Wildman–Crippen MR) is 144 cm³/mol. The first kappa shape index (κ1) is 27.6. The number of nitrogens with two attached hydrogens (primary N) is 1. The zero-order valence-corrected chi connectivity index (χ0v) is 21.9. The van der Waals surface area contributed by atoms with Crippen LogP contribution in [0.5, 0.6) is 0 Å². The molecule has 2 aromatic carbocycles. The maximum atomic E-state index is 13.6. The van der Waals surface area contributed by atoms with Crippen molar-refractivity contribution in [1.29, 1.82) is 0 Å². The summed E-state index contributed by atoms with van der Waals surface area (Å²) in [4.78, 5) is 11.4. The number of rotatable bonds is 7. The number of nitrogens with one attached hydrogen (secondary N) is 1. The van der Waals surface area contributed by atoms with E-state index in [0.29, 0.717) is 11.3 Å². The summed E-state index contributed by atoms with van der Waals surface area (Å²) >= 11 is 0. The number of hydrogen-bond donors (Lipinski definition) is 2. The second kappa shape index (κ2) is 12.2. The van der Waals surface area contributed by atoms with E-state index in [0.717, 1.165) is 35.1 Å². The molecule has 4 heteroatoms. The number of hydrogen-bond acceptors (Lipinski definition) is 3. The van der Waals surface area contributed by atoms with Crippen molar-refractivity contribution < 1.29 is 9.18 Å². The van der Waals surface area contributed by atoms with E-state index in [2.05, 4.69) is 43.1 Å². The Kier molecular flexibility index (Phi) is 9.90. The monoisotopic (exact) mass is 466 g/mol. The first-order valence-electron chi connectivity index (χ1n) is 12.5. The summed E-state index contributed by atoms with van der Waals surface area (Å²) in [5, 5.41) is 3.54. The van der Waals surface area contributed by atoms with E-state index in [1.165, 1.54) is 45.2 Å². The minimum absolute atomic E-state index is 0.00359. The second-order valence-corrected chi connectivity index (χ2v) is 10.5. The van der Waals surface area contributed by atoms with Gasteiger partial charge in [0.1, 0.15) is 11.5 Å². The third-order valence-corrected chi connectivity index (χ3v) is 7.02. The lowest BCUT2D eigenvalue weighted by atomic mass is 9.83. The molecule has 0 aliphatic heterocycles. The van der Waals surface area contributed by atoms with Crippen molar-refractivity contribution >= 4 is 17.2 Å². The Morgan fingerprint density at radius 3 is 2.24 bits per heavy atom. The molecule has 3 N–H and O–H groups in total. The van der Waals surface area contributed by atoms with Crippen molar-refractivity contribution in [1.82, 2.24) is 0 Å². The Morgan fingerprint density at radius 2 is 1.74 bits per heavy atom. The second-order valence-electron chi connectivity index (χ2n) is 10.5. The lowest BCUT2D eigenvalue weighted by Gasteiger charge is -2.26. The Hall–Kier alpha value is -2.62. The molecule has 34 heavy (non-hydrogen) atoms. The van der Waals surface area contributed by atoms with Gasteiger partial charge in [0.2, 0.25) is 0 Å². The Bertz CT molecular complexity index is 951. The van der Waals surface area contributed by atoms with Crippen molar-refractivity contribution in [3.05, 3.63) is 71.3 Å². The summed E-state index contributed by atoms with van der Waals surface area (Å²) in [6.07, 6.45) is 5.46. The highest BCUT2D eigenvalue weighted by molar-refractivity contribution is 5.83. The molecule has 186 valence electrons. The summed E-state index contributed by atoms with van der Waals surface area (Å²) in [6, 6.07) is 13.7. The molecule has 0 aromatic heterocycles. The van der Waals surface area contributed by atoms with Crippen LogP contribution in [0.1, 0.15) is 88.5 Å². The SMILES string of the molecule is C=C(N)c1cc(C(C)(C)F)ccc1C.CC(=O)C(C)c1ccc(NCC2CCC(C)CC2)cc1. The molecule has 3 nitrogen and oxygen atoms in total. The zero-order chi connectivity index (χ0) is 25.5. The number of carbonyl (C=O) groups is 1. The molecular weight excluding hydrogens is 423 g/mol. The van der Waals surface area contributed by atoms with Crippen LogP contribution in [0, 0.1) is 18.8 Å². The molecule has 0 bridgehead atoms. The highest BCUT2D eigenvalue weighted by atomic mass is 19.1. The molecule has 0 amide bonds. The number of Topliss-reactive ketones (excluding diaryl/α,β-unsaturated/α-hetero) is 1. The van der Waals surface area contributed by atoms with Gasteiger partial charge in [-0.25, -0.2) is 4.39 Å². The minimum Gasteiger partial charge on any atom is -0.399 e. The van der Waals surface area contributed by atoms with Crippen LogP contribution in [-0.2, 0) is 10.5 Å². The summed E-state index contributed by atoms with van der Waals surface area (Å²) in [5.74, 6) is 1.96. The first-order valence-corrected chi connectivity index (χ1v) is 12.5. The Morgan fingerprint density at radius 1 is 1.15 bits per heavy atom. The highest BCUT2D eigenvalue weighted by Gasteiger charge is 2.20. The summed E-state index contributed by atoms with van der Waals surface area (Å²) in [5.41, 5.74) is 9.51. The fourth-order valence-electron chi connectivity index (χ4n) is 4.26. The predicted octanol–water partition coefficient (Wildman–Crippen LogP) is 7.75. The smallest absolute Gasteiger partial charge is 0.136 e. The van der Waals surface area contributed by atoms with Gasteiger partial charge in [-0.15, -0.1) is 0 Å². The van der Waals surface area contributed by atoms with Crippen molar-refractivity contribution in [2.24, 2.45) is 17.6 Å². The fourth-order valence-corrected chi connectivity index (χ4v) is 4.26. The normalized spacial score (nSPS) is 18.9. The molecule has 1 saturated carbocycles. The van der Waals surface area contributed by atoms with E-state index in [1.807, 2.05) is 19.9 Å². The van der Waals surface area contributed by atoms with Crippen LogP contribution in [0.3, 0.4) is 0 Å². The third-order valence-electron chi connectivity index (χ3n) is 7.02. The van der Waals surface area contributed by atoms with E-state index in [1.54, 1.807) is 19.1 Å². The minimum atomic E-state index is -1.34. The zero-order valence-electron chi connectivity index (χ0n) is 21.9. The van der Waals surface area contributed by atoms with Gasteiger partial charge in [0, 0.05) is 29.4 Å². The van der Waals surface area contributed by atoms with Crippen LogP contribution >= 0.6 is 0 Å². The van der Waals surface area contributed by atoms with E-state index < -0.39 is 5.67 Å². The number of alkyl halides is 1. The molecule has 2 aromatic rings. The number of ketones is 1. The van der Waals surface area contributed by atoms with Crippen molar-refractivity contribution in [2.75, 3.05) is 11.9 Å². The molecule has 0 heterocycles. The summed E-state index contributed by atoms with van der Waals surface area (Å²) in [6.45, 7) is 15.7. The number of halogens is 1. The molecule has 0 saturated heterocycles. The van der Waals surface area contributed by atoms with E-state index in [-0.39, 0.29) is 11.7 Å². The average molecular weight is 467 g/mol. The standard InChI is InChI=1S/C18H27NO.C12H16FN/c1-13-4-6-16(7-5-13)12-19-18-10-8-17(9-11-18)14(2)15(3)20;1-8-5-6-10(12(3,4)13)7-11(8)9(2)14/h8-11,13-14,16,19H,4-7,12H2,1-3H3;5-7H,2,14H2,1,3-4H3. The maximum absolute atomic E-state index is 13.6. The number of carbonyl (C=O) groups excluding carboxylic acids is 1. The van der Waals surface area contributed by atoms with Gasteiger partial charge in [-0.1, -0.05) is 57.5 Å². The van der Waals surface area contributed by atoms with Crippen LogP contribution in [-0.4, -0.2) is 12.3 Å². The molecule has 1 unspecified atom stereocenters. The van der Waals surface area contributed by atoms with Crippen molar-refractivity contribution in [3.63, 3.8) is 0 Å². The molecule has 0 radical (unpaired) electrons. The summed E-state index contributed by atoms with van der Waals surface area (Å²) < 4.78 is 13.6. The molecule has 1 atom stereocenters. The molecule has 0 spiro atoms. The van der Waals surface area contributed by atoms with Crippen LogP contribution < -0.4 is 11.1 Å². The van der Waals surface area contributed by atoms with Gasteiger partial charge < -0.3 is 11.1 Å². The van der Waals surface area contributed by atoms with Crippen molar-refractivity contribution in [3.8, 4) is 0 Å². The lowest BCUT2D eigenvalue weighted by Crippen LogP contribution is -2.20. The van der Waals surface area contributed by atoms with Gasteiger partial charge >= 0.3 is 0 Å². The van der Waals surface area contributed by atoms with E-state index >= 15 is 0 Å². The number of aryl methyl sites for hydroxylation is 1. The number of benzene rings is 2. The third kappa shape index (κ3) is 8.30. The van der Waals surface area contributed by atoms with Gasteiger partial charge in [-0.05, 0) is 87.3 Å². The maximum Gasteiger partial charge on any atom is 0.136 e. The van der Waals surface area contributed by atoms with E-state index in [9.17, 15) is 9.18 Å². The molecular formula is C30H43FN2O. The van der Waals surface area contributed by atoms with Crippen LogP contribution in [0.4, 0.5) is 10.1 Å². The topological polar surface area (TPSA) is 55.1 Å². The largest absolute Gasteiger partial charge is 0.399 e. The lowest BCUT2D eigenvalue weighted by molar-refractivity contribution is -0.118. The van der Waals surface area contributed by atoms with Crippen molar-refractivity contribution in [2.45, 2.75) is 78.8 Å². The van der Waals surface area contributed by atoms with Crippen LogP contribution in [0.25, 0.3) is 5.70 Å². The number of anilines is 1. The van der Waals surface area contributed by atoms with Gasteiger partial charge in [-0.2, -0.15) is 0 Å². The highest BCUT2D eigenvalue weighted by Crippen LogP contribution is 2.29. The average Bonchev–Trinajstić information content (AvgIpc) is 2.78. The molecule has 1 fully saturated rings. The van der Waals surface area contributed by atoms with Gasteiger partial charge in [0.25, 0.3) is 0 Å². The van der Waals surface area contributed by atoms with Crippen LogP contribution in [0.15, 0.2) is 49.0 Å². The van der Waals surface area contributed by atoms with Gasteiger partial charge in [0.05, 0.1) is 0 Å². The Balaban J connectivity index is 0.000000257. The Labute approximate surface area is 206 Å². The first-order chi connectivity index (χ1) is 15.9. The van der Waals surface area contributed by atoms with Crippen LogP contribution in [0.2, 0.25) is 0 Å². The van der Waals surface area contributed by atoms with Gasteiger partial charge in [-0.3, -0.25) is 4.79 Å². The molecule has 1 aliphatic rings. The van der Waals surface area contributed by atoms with E-state index in [4.69, 9.17) is 5.73 Å².